The summed E-state index contributed by atoms with van der Waals surface area (Å²) in [4.78, 5) is 23.1. The number of carbonyl (C=O) groups is 2. The van der Waals surface area contributed by atoms with E-state index in [1.807, 2.05) is 73.7 Å². The van der Waals surface area contributed by atoms with Crippen LogP contribution in [0.3, 0.4) is 0 Å². The minimum atomic E-state index is -1.11. The number of hydrogen-bond acceptors (Lipinski definition) is 8. The van der Waals surface area contributed by atoms with E-state index in [-0.39, 0.29) is 23.3 Å². The van der Waals surface area contributed by atoms with Crippen LogP contribution < -0.4 is 5.32 Å². The number of aromatic nitrogens is 6. The highest BCUT2D eigenvalue weighted by atomic mass is 16.5. The van der Waals surface area contributed by atoms with E-state index >= 15 is 0 Å². The Balaban J connectivity index is 0.000000162. The number of benzene rings is 3. The van der Waals surface area contributed by atoms with Crippen LogP contribution in [0.1, 0.15) is 39.5 Å². The van der Waals surface area contributed by atoms with Gasteiger partial charge in [-0.15, -0.1) is 0 Å². The molecule has 1 atom stereocenters. The molecule has 0 saturated heterocycles. The number of nitrogens with one attached hydrogen (secondary N) is 3. The van der Waals surface area contributed by atoms with Gasteiger partial charge in [0, 0.05) is 34.0 Å². The number of carboxylic acid groups (broad SMARTS) is 1. The van der Waals surface area contributed by atoms with Crippen LogP contribution in [0.25, 0.3) is 44.5 Å². The van der Waals surface area contributed by atoms with Crippen LogP contribution in [0.15, 0.2) is 100 Å². The number of amides is 1. The van der Waals surface area contributed by atoms with Crippen molar-refractivity contribution < 1.29 is 23.7 Å². The highest BCUT2D eigenvalue weighted by Gasteiger charge is 2.17. The lowest BCUT2D eigenvalue weighted by molar-refractivity contribution is 0.0685. The molecule has 4 heterocycles. The summed E-state index contributed by atoms with van der Waals surface area (Å²) in [6, 6.07) is 24.0. The molecule has 0 radical (unpaired) electrons. The first-order chi connectivity index (χ1) is 20.4. The molecule has 0 bridgehead atoms. The first-order valence-electron chi connectivity index (χ1n) is 12.8. The molecule has 0 aliphatic heterocycles. The summed E-state index contributed by atoms with van der Waals surface area (Å²) in [6.45, 7) is 1.93. The summed E-state index contributed by atoms with van der Waals surface area (Å²) in [7, 11) is 0. The molecule has 0 aliphatic rings. The van der Waals surface area contributed by atoms with Crippen molar-refractivity contribution in [2.24, 2.45) is 0 Å². The normalized spacial score (nSPS) is 11.6. The van der Waals surface area contributed by atoms with Gasteiger partial charge in [0.15, 0.2) is 22.9 Å². The summed E-state index contributed by atoms with van der Waals surface area (Å²) in [5.74, 6) is -0.411. The van der Waals surface area contributed by atoms with Gasteiger partial charge in [-0.2, -0.15) is 10.2 Å². The largest absolute Gasteiger partial charge is 0.476 e. The third kappa shape index (κ3) is 5.49. The van der Waals surface area contributed by atoms with Crippen LogP contribution in [0, 0.1) is 0 Å². The van der Waals surface area contributed by atoms with Crippen molar-refractivity contribution in [1.82, 2.24) is 36.0 Å². The van der Waals surface area contributed by atoms with Gasteiger partial charge in [-0.25, -0.2) is 4.79 Å². The van der Waals surface area contributed by atoms with E-state index in [0.717, 1.165) is 38.5 Å². The summed E-state index contributed by atoms with van der Waals surface area (Å²) >= 11 is 0. The van der Waals surface area contributed by atoms with Crippen molar-refractivity contribution in [2.45, 2.75) is 13.0 Å². The molecule has 7 aromatic rings. The van der Waals surface area contributed by atoms with Crippen molar-refractivity contribution in [3.8, 4) is 22.6 Å². The number of rotatable bonds is 6. The maximum atomic E-state index is 12.4. The summed E-state index contributed by atoms with van der Waals surface area (Å²) in [6.07, 6.45) is 3.43. The fourth-order valence-electron chi connectivity index (χ4n) is 4.32. The predicted octanol–water partition coefficient (Wildman–Crippen LogP) is 5.63. The molecule has 42 heavy (non-hydrogen) atoms. The number of aromatic carboxylic acids is 1. The van der Waals surface area contributed by atoms with E-state index in [0.29, 0.717) is 11.5 Å². The lowest BCUT2D eigenvalue weighted by Crippen LogP contribution is -2.26. The van der Waals surface area contributed by atoms with Gasteiger partial charge in [-0.05, 0) is 48.9 Å². The Hall–Kier alpha value is -6.04. The molecule has 3 aromatic carbocycles. The standard InChI is InChI=1S/C19H16N4O2.C11H7N3O3/c1-12(13-5-3-2-4-6-13)21-19(24)17-10-18(25-23-17)14-7-8-16-15(9-14)11-20-22-16;15-11(16)9-4-10(17-14-9)6-1-2-8-7(3-6)5-12-13-8/h2-12H,1H3,(H,20,22)(H,21,24);1-5H,(H,12,13)(H,15,16)/t12-;/m0./s1. The van der Waals surface area contributed by atoms with Crippen molar-refractivity contribution in [3.63, 3.8) is 0 Å². The Morgan fingerprint density at radius 3 is 1.86 bits per heavy atom. The summed E-state index contributed by atoms with van der Waals surface area (Å²) in [5, 5.41) is 34.6. The van der Waals surface area contributed by atoms with Gasteiger partial charge in [0.25, 0.3) is 5.91 Å². The number of hydrogen-bond donors (Lipinski definition) is 4. The molecular formula is C30H23N7O5. The topological polar surface area (TPSA) is 176 Å². The summed E-state index contributed by atoms with van der Waals surface area (Å²) in [5.41, 5.74) is 4.64. The van der Waals surface area contributed by atoms with E-state index in [9.17, 15) is 9.59 Å². The first-order valence-corrected chi connectivity index (χ1v) is 12.8. The molecule has 7 rings (SSSR count). The molecule has 12 heteroatoms. The van der Waals surface area contributed by atoms with Gasteiger partial charge in [0.05, 0.1) is 29.5 Å². The van der Waals surface area contributed by atoms with Gasteiger partial charge in [-0.1, -0.05) is 40.6 Å². The molecule has 0 fully saturated rings. The number of carboxylic acids is 1. The minimum absolute atomic E-state index is 0.104. The lowest BCUT2D eigenvalue weighted by Gasteiger charge is -2.12. The second kappa shape index (κ2) is 11.2. The van der Waals surface area contributed by atoms with Crippen LogP contribution in [0.5, 0.6) is 0 Å². The number of fused-ring (bicyclic) bond motifs is 2. The van der Waals surface area contributed by atoms with E-state index in [1.165, 1.54) is 6.07 Å². The van der Waals surface area contributed by atoms with Crippen molar-refractivity contribution >= 4 is 33.7 Å². The number of nitrogens with zero attached hydrogens (tertiary/aromatic N) is 4. The highest BCUT2D eigenvalue weighted by Crippen LogP contribution is 2.25. The zero-order chi connectivity index (χ0) is 29.1. The van der Waals surface area contributed by atoms with Gasteiger partial charge >= 0.3 is 5.97 Å². The molecule has 208 valence electrons. The average Bonchev–Trinajstić information content (AvgIpc) is 3.83. The van der Waals surface area contributed by atoms with E-state index in [2.05, 4.69) is 36.0 Å². The molecule has 0 saturated carbocycles. The Morgan fingerprint density at radius 2 is 1.31 bits per heavy atom. The zero-order valence-electron chi connectivity index (χ0n) is 22.1. The number of aromatic amines is 2. The van der Waals surface area contributed by atoms with Crippen LogP contribution >= 0.6 is 0 Å². The van der Waals surface area contributed by atoms with Crippen LogP contribution in [-0.4, -0.2) is 47.7 Å². The van der Waals surface area contributed by atoms with Gasteiger partial charge in [0.1, 0.15) is 0 Å². The van der Waals surface area contributed by atoms with Gasteiger partial charge < -0.3 is 19.5 Å². The number of carbonyl (C=O) groups excluding carboxylic acids is 1. The van der Waals surface area contributed by atoms with Crippen LogP contribution in [0.2, 0.25) is 0 Å². The monoisotopic (exact) mass is 561 g/mol. The zero-order valence-corrected chi connectivity index (χ0v) is 22.1. The van der Waals surface area contributed by atoms with E-state index in [4.69, 9.17) is 14.2 Å². The fraction of sp³-hybridized carbons (Fsp3) is 0.0667. The molecule has 0 unspecified atom stereocenters. The first kappa shape index (κ1) is 26.2. The summed E-state index contributed by atoms with van der Waals surface area (Å²) < 4.78 is 10.3. The molecular weight excluding hydrogens is 538 g/mol. The average molecular weight is 562 g/mol. The van der Waals surface area contributed by atoms with Crippen LogP contribution in [-0.2, 0) is 0 Å². The second-order valence-electron chi connectivity index (χ2n) is 9.41. The Bertz CT molecular complexity index is 2000. The molecule has 4 N–H and O–H groups in total. The minimum Gasteiger partial charge on any atom is -0.476 e. The van der Waals surface area contributed by atoms with Gasteiger partial charge in [0.2, 0.25) is 0 Å². The molecule has 0 aliphatic carbocycles. The Morgan fingerprint density at radius 1 is 0.762 bits per heavy atom. The third-order valence-electron chi connectivity index (χ3n) is 6.57. The maximum Gasteiger partial charge on any atom is 0.358 e. The Labute approximate surface area is 237 Å². The highest BCUT2D eigenvalue weighted by molar-refractivity contribution is 5.93. The quantitative estimate of drug-likeness (QED) is 0.201. The van der Waals surface area contributed by atoms with E-state index < -0.39 is 5.97 Å². The van der Waals surface area contributed by atoms with E-state index in [1.54, 1.807) is 18.5 Å². The molecule has 4 aromatic heterocycles. The lowest BCUT2D eigenvalue weighted by atomic mass is 10.1. The molecule has 1 amide bonds. The SMILES string of the molecule is C[C@H](NC(=O)c1cc(-c2ccc3[nH]ncc3c2)on1)c1ccccc1.O=C(O)c1cc(-c2ccc3[nH]ncc3c2)on1. The number of H-pyrrole nitrogens is 2. The second-order valence-corrected chi connectivity index (χ2v) is 9.41. The van der Waals surface area contributed by atoms with Crippen molar-refractivity contribution in [1.29, 1.82) is 0 Å². The molecule has 0 spiro atoms. The van der Waals surface area contributed by atoms with Crippen molar-refractivity contribution in [3.05, 3.63) is 108 Å². The van der Waals surface area contributed by atoms with Gasteiger partial charge in [-0.3, -0.25) is 15.0 Å². The molecule has 12 nitrogen and oxygen atoms in total. The maximum absolute atomic E-state index is 12.4. The smallest absolute Gasteiger partial charge is 0.358 e. The predicted molar refractivity (Wildman–Crippen MR) is 152 cm³/mol. The van der Waals surface area contributed by atoms with Crippen molar-refractivity contribution in [2.75, 3.05) is 0 Å². The fourth-order valence-corrected chi connectivity index (χ4v) is 4.32. The third-order valence-corrected chi connectivity index (χ3v) is 6.57. The van der Waals surface area contributed by atoms with Crippen LogP contribution in [0.4, 0.5) is 0 Å². The Kier molecular flexibility index (Phi) is 6.99.